The maximum atomic E-state index is 12.1. The van der Waals surface area contributed by atoms with Gasteiger partial charge in [0.15, 0.2) is 0 Å². The van der Waals surface area contributed by atoms with Gasteiger partial charge >= 0.3 is 0 Å². The van der Waals surface area contributed by atoms with E-state index in [2.05, 4.69) is 15.2 Å². The Kier molecular flexibility index (Phi) is 3.22. The Morgan fingerprint density at radius 1 is 1.39 bits per heavy atom. The molecule has 4 nitrogen and oxygen atoms in total. The summed E-state index contributed by atoms with van der Waals surface area (Å²) in [6.07, 6.45) is 3.92. The molecule has 0 saturated carbocycles. The van der Waals surface area contributed by atoms with E-state index in [4.69, 9.17) is 11.6 Å². The molecule has 0 spiro atoms. The van der Waals surface area contributed by atoms with Gasteiger partial charge in [-0.25, -0.2) is 4.98 Å². The van der Waals surface area contributed by atoms with E-state index in [0.717, 1.165) is 6.54 Å². The number of halogens is 1. The van der Waals surface area contributed by atoms with E-state index in [0.29, 0.717) is 16.6 Å². The average molecular weight is 266 g/mol. The van der Waals surface area contributed by atoms with Crippen LogP contribution in [0.5, 0.6) is 0 Å². The van der Waals surface area contributed by atoms with Crippen molar-refractivity contribution in [2.75, 3.05) is 19.6 Å². The van der Waals surface area contributed by atoms with Crippen LogP contribution in [-0.4, -0.2) is 41.5 Å². The van der Waals surface area contributed by atoms with Gasteiger partial charge in [0.05, 0.1) is 5.56 Å². The fraction of sp³-hybridized carbons (Fsp3) is 0.538. The Hall–Kier alpha value is -1.13. The lowest BCUT2D eigenvalue weighted by molar-refractivity contribution is 0.0620. The van der Waals surface area contributed by atoms with Crippen molar-refractivity contribution in [2.45, 2.75) is 18.9 Å². The molecule has 96 valence electrons. The Balaban J connectivity index is 1.66. The molecule has 1 aromatic rings. The zero-order valence-electron chi connectivity index (χ0n) is 10.1. The standard InChI is InChI=1S/C13H16ClN3O/c14-12-2-1-10(7-15-12)13(18)16-11-8-17-5-3-9(11)4-6-17/h1-2,7,9,11H,3-6,8H2,(H,16,18). The summed E-state index contributed by atoms with van der Waals surface area (Å²) in [6, 6.07) is 3.65. The summed E-state index contributed by atoms with van der Waals surface area (Å²) in [7, 11) is 0. The highest BCUT2D eigenvalue weighted by atomic mass is 35.5. The van der Waals surface area contributed by atoms with E-state index < -0.39 is 0 Å². The summed E-state index contributed by atoms with van der Waals surface area (Å²) in [5.41, 5.74) is 0.579. The fourth-order valence-electron chi connectivity index (χ4n) is 2.89. The minimum Gasteiger partial charge on any atom is -0.348 e. The van der Waals surface area contributed by atoms with Crippen LogP contribution in [0.4, 0.5) is 0 Å². The van der Waals surface area contributed by atoms with E-state index in [1.165, 1.54) is 32.1 Å². The molecule has 2 bridgehead atoms. The Bertz CT molecular complexity index is 440. The van der Waals surface area contributed by atoms with Crippen molar-refractivity contribution in [3.8, 4) is 0 Å². The Morgan fingerprint density at radius 3 is 2.72 bits per heavy atom. The first-order chi connectivity index (χ1) is 8.72. The molecule has 0 aromatic carbocycles. The van der Waals surface area contributed by atoms with Crippen LogP contribution >= 0.6 is 11.6 Å². The summed E-state index contributed by atoms with van der Waals surface area (Å²) in [6.45, 7) is 3.34. The molecule has 1 N–H and O–H groups in total. The molecule has 3 aliphatic rings. The number of nitrogens with one attached hydrogen (secondary N) is 1. The highest BCUT2D eigenvalue weighted by Crippen LogP contribution is 2.27. The van der Waals surface area contributed by atoms with E-state index in [-0.39, 0.29) is 11.9 Å². The number of hydrogen-bond donors (Lipinski definition) is 1. The highest BCUT2D eigenvalue weighted by molar-refractivity contribution is 6.29. The molecule has 3 aliphatic heterocycles. The number of rotatable bonds is 2. The minimum atomic E-state index is -0.0436. The molecule has 1 amide bonds. The zero-order valence-corrected chi connectivity index (χ0v) is 10.9. The predicted molar refractivity (Wildman–Crippen MR) is 69.7 cm³/mol. The van der Waals surface area contributed by atoms with Crippen molar-refractivity contribution in [3.05, 3.63) is 29.0 Å². The summed E-state index contributed by atoms with van der Waals surface area (Å²) < 4.78 is 0. The van der Waals surface area contributed by atoms with Crippen LogP contribution in [0.25, 0.3) is 0 Å². The predicted octanol–water partition coefficient (Wildman–Crippen LogP) is 1.56. The zero-order chi connectivity index (χ0) is 12.5. The lowest BCUT2D eigenvalue weighted by atomic mass is 9.84. The Morgan fingerprint density at radius 2 is 2.17 bits per heavy atom. The molecule has 0 aliphatic carbocycles. The number of amides is 1. The molecule has 1 aromatic heterocycles. The maximum absolute atomic E-state index is 12.1. The van der Waals surface area contributed by atoms with Gasteiger partial charge in [-0.1, -0.05) is 11.6 Å². The van der Waals surface area contributed by atoms with E-state index >= 15 is 0 Å². The number of aromatic nitrogens is 1. The third-order valence-corrected chi connectivity index (χ3v) is 4.19. The largest absolute Gasteiger partial charge is 0.348 e. The number of piperidine rings is 3. The third kappa shape index (κ3) is 2.35. The smallest absolute Gasteiger partial charge is 0.253 e. The topological polar surface area (TPSA) is 45.2 Å². The second kappa shape index (κ2) is 4.86. The van der Waals surface area contributed by atoms with Crippen molar-refractivity contribution in [3.63, 3.8) is 0 Å². The quantitative estimate of drug-likeness (QED) is 0.826. The number of pyridine rings is 1. The van der Waals surface area contributed by atoms with Gasteiger partial charge in [0.2, 0.25) is 0 Å². The molecule has 1 unspecified atom stereocenters. The van der Waals surface area contributed by atoms with Crippen LogP contribution in [0.15, 0.2) is 18.3 Å². The molecule has 1 atom stereocenters. The first-order valence-electron chi connectivity index (χ1n) is 6.37. The Labute approximate surface area is 111 Å². The molecule has 18 heavy (non-hydrogen) atoms. The van der Waals surface area contributed by atoms with Crippen LogP contribution in [0.2, 0.25) is 5.15 Å². The van der Waals surface area contributed by atoms with Crippen molar-refractivity contribution in [1.29, 1.82) is 0 Å². The fourth-order valence-corrected chi connectivity index (χ4v) is 3.00. The summed E-state index contributed by atoms with van der Waals surface area (Å²) in [5.74, 6) is 0.595. The van der Waals surface area contributed by atoms with Crippen LogP contribution in [0.1, 0.15) is 23.2 Å². The SMILES string of the molecule is O=C(NC1CN2CCC1CC2)c1ccc(Cl)nc1. The van der Waals surface area contributed by atoms with Gasteiger partial charge in [0.1, 0.15) is 5.15 Å². The highest BCUT2D eigenvalue weighted by Gasteiger charge is 2.34. The third-order valence-electron chi connectivity index (χ3n) is 3.96. The van der Waals surface area contributed by atoms with Gasteiger partial charge < -0.3 is 10.2 Å². The second-order valence-corrected chi connectivity index (χ2v) is 5.47. The first kappa shape index (κ1) is 11.9. The lowest BCUT2D eigenvalue weighted by Gasteiger charge is -2.44. The first-order valence-corrected chi connectivity index (χ1v) is 6.75. The van der Waals surface area contributed by atoms with E-state index in [9.17, 15) is 4.79 Å². The second-order valence-electron chi connectivity index (χ2n) is 5.09. The van der Waals surface area contributed by atoms with Crippen LogP contribution in [-0.2, 0) is 0 Å². The average Bonchev–Trinajstić information content (AvgIpc) is 2.41. The molecule has 4 heterocycles. The van der Waals surface area contributed by atoms with Crippen molar-refractivity contribution in [2.24, 2.45) is 5.92 Å². The van der Waals surface area contributed by atoms with Crippen molar-refractivity contribution < 1.29 is 4.79 Å². The van der Waals surface area contributed by atoms with Gasteiger partial charge in [0.25, 0.3) is 5.91 Å². The van der Waals surface area contributed by atoms with Crippen molar-refractivity contribution in [1.82, 2.24) is 15.2 Å². The van der Waals surface area contributed by atoms with E-state index in [1.807, 2.05) is 0 Å². The van der Waals surface area contributed by atoms with Gasteiger partial charge in [0, 0.05) is 18.8 Å². The van der Waals surface area contributed by atoms with Crippen molar-refractivity contribution >= 4 is 17.5 Å². The molecule has 4 rings (SSSR count). The number of fused-ring (bicyclic) bond motifs is 3. The number of carbonyl (C=O) groups excluding carboxylic acids is 1. The lowest BCUT2D eigenvalue weighted by Crippen LogP contribution is -2.57. The number of hydrogen-bond acceptors (Lipinski definition) is 3. The molecular formula is C13H16ClN3O. The maximum Gasteiger partial charge on any atom is 0.253 e. The molecular weight excluding hydrogens is 250 g/mol. The summed E-state index contributed by atoms with van der Waals surface area (Å²) in [5, 5.41) is 3.53. The minimum absolute atomic E-state index is 0.0436. The molecule has 3 fully saturated rings. The summed E-state index contributed by atoms with van der Waals surface area (Å²) >= 11 is 5.71. The normalized spacial score (nSPS) is 30.2. The number of nitrogens with zero attached hydrogens (tertiary/aromatic N) is 2. The van der Waals surface area contributed by atoms with Crippen LogP contribution in [0, 0.1) is 5.92 Å². The van der Waals surface area contributed by atoms with Crippen LogP contribution < -0.4 is 5.32 Å². The summed E-state index contributed by atoms with van der Waals surface area (Å²) in [4.78, 5) is 18.4. The van der Waals surface area contributed by atoms with Gasteiger partial charge in [-0.3, -0.25) is 4.79 Å². The number of carbonyl (C=O) groups is 1. The van der Waals surface area contributed by atoms with Gasteiger partial charge in [-0.2, -0.15) is 0 Å². The van der Waals surface area contributed by atoms with Gasteiger partial charge in [-0.05, 0) is 44.0 Å². The molecule has 0 radical (unpaired) electrons. The monoisotopic (exact) mass is 265 g/mol. The van der Waals surface area contributed by atoms with E-state index in [1.54, 1.807) is 12.1 Å². The molecule has 5 heteroatoms. The van der Waals surface area contributed by atoms with Crippen LogP contribution in [0.3, 0.4) is 0 Å². The van der Waals surface area contributed by atoms with Gasteiger partial charge in [-0.15, -0.1) is 0 Å². The molecule has 3 saturated heterocycles.